The summed E-state index contributed by atoms with van der Waals surface area (Å²) < 4.78 is 53.1. The zero-order valence-electron chi connectivity index (χ0n) is 20.6. The number of aromatic amines is 1. The maximum absolute atomic E-state index is 13.7. The molecular weight excluding hydrogens is 501 g/mol. The normalized spacial score (nSPS) is 19.4. The molecule has 7 rings (SSSR count). The SMILES string of the molecule is COc1cc(-c2n[nH]c(-c3ccc(N4CC5(C4)CN(C4COC4)C5)cn3)c2CC(F)(F)F)cn2ncnc12. The molecule has 1 N–H and O–H groups in total. The maximum atomic E-state index is 13.7. The molecule has 3 aliphatic heterocycles. The van der Waals surface area contributed by atoms with Crippen LogP contribution in [0.15, 0.2) is 36.9 Å². The number of hydrogen-bond donors (Lipinski definition) is 1. The van der Waals surface area contributed by atoms with Crippen molar-refractivity contribution in [2.75, 3.05) is 51.4 Å². The lowest BCUT2D eigenvalue weighted by atomic mass is 9.72. The van der Waals surface area contributed by atoms with Crippen LogP contribution in [-0.2, 0) is 11.2 Å². The van der Waals surface area contributed by atoms with E-state index in [-0.39, 0.29) is 17.0 Å². The molecule has 0 amide bonds. The van der Waals surface area contributed by atoms with E-state index in [0.29, 0.717) is 34.1 Å². The zero-order chi connectivity index (χ0) is 26.1. The number of anilines is 1. The Morgan fingerprint density at radius 2 is 1.97 bits per heavy atom. The summed E-state index contributed by atoms with van der Waals surface area (Å²) in [6, 6.07) is 5.84. The second kappa shape index (κ2) is 8.40. The largest absolute Gasteiger partial charge is 0.493 e. The van der Waals surface area contributed by atoms with Crippen molar-refractivity contribution in [3.05, 3.63) is 42.5 Å². The van der Waals surface area contributed by atoms with Crippen molar-refractivity contribution in [3.8, 4) is 28.4 Å². The number of halogens is 3. The smallest absolute Gasteiger partial charge is 0.393 e. The molecule has 4 aromatic heterocycles. The Hall–Kier alpha value is -3.71. The van der Waals surface area contributed by atoms with Crippen LogP contribution in [0.1, 0.15) is 5.56 Å². The van der Waals surface area contributed by atoms with Gasteiger partial charge in [-0.25, -0.2) is 9.50 Å². The summed E-state index contributed by atoms with van der Waals surface area (Å²) in [6.07, 6.45) is -0.944. The molecule has 3 fully saturated rings. The molecule has 0 radical (unpaired) electrons. The number of H-pyrrole nitrogens is 1. The van der Waals surface area contributed by atoms with E-state index in [1.165, 1.54) is 18.0 Å². The van der Waals surface area contributed by atoms with Gasteiger partial charge < -0.3 is 14.4 Å². The van der Waals surface area contributed by atoms with Crippen molar-refractivity contribution >= 4 is 11.3 Å². The topological polar surface area (TPSA) is 96.7 Å². The Morgan fingerprint density at radius 1 is 1.16 bits per heavy atom. The highest BCUT2D eigenvalue weighted by atomic mass is 19.4. The Morgan fingerprint density at radius 3 is 2.63 bits per heavy atom. The highest BCUT2D eigenvalue weighted by molar-refractivity contribution is 5.75. The molecule has 0 bridgehead atoms. The number of nitrogens with zero attached hydrogens (tertiary/aromatic N) is 7. The van der Waals surface area contributed by atoms with Gasteiger partial charge in [-0.2, -0.15) is 23.4 Å². The molecule has 0 atom stereocenters. The van der Waals surface area contributed by atoms with Gasteiger partial charge in [-0.05, 0) is 18.2 Å². The number of fused-ring (bicyclic) bond motifs is 1. The molecule has 198 valence electrons. The molecular formula is C25H25F3N8O2. The van der Waals surface area contributed by atoms with Crippen LogP contribution in [0.25, 0.3) is 28.3 Å². The second-order valence-electron chi connectivity index (χ2n) is 10.4. The molecule has 10 nitrogen and oxygen atoms in total. The quantitative estimate of drug-likeness (QED) is 0.410. The minimum absolute atomic E-state index is 0.0108. The molecule has 0 unspecified atom stereocenters. The Bertz CT molecular complexity index is 1480. The van der Waals surface area contributed by atoms with Crippen LogP contribution in [0.3, 0.4) is 0 Å². The number of aromatic nitrogens is 6. The van der Waals surface area contributed by atoms with E-state index in [1.54, 1.807) is 24.5 Å². The van der Waals surface area contributed by atoms with Crippen LogP contribution < -0.4 is 9.64 Å². The van der Waals surface area contributed by atoms with E-state index in [2.05, 4.69) is 35.1 Å². The number of alkyl halides is 3. The summed E-state index contributed by atoms with van der Waals surface area (Å²) in [5, 5.41) is 11.2. The van der Waals surface area contributed by atoms with Crippen molar-refractivity contribution in [1.82, 2.24) is 34.7 Å². The van der Waals surface area contributed by atoms with Gasteiger partial charge in [-0.3, -0.25) is 15.0 Å². The minimum Gasteiger partial charge on any atom is -0.493 e. The van der Waals surface area contributed by atoms with Crippen molar-refractivity contribution in [3.63, 3.8) is 0 Å². The predicted octanol–water partition coefficient (Wildman–Crippen LogP) is 2.82. The number of likely N-dealkylation sites (tertiary alicyclic amines) is 1. The number of hydrogen-bond acceptors (Lipinski definition) is 8. The number of methoxy groups -OCH3 is 1. The van der Waals surface area contributed by atoms with Gasteiger partial charge in [-0.1, -0.05) is 0 Å². The van der Waals surface area contributed by atoms with Crippen LogP contribution in [-0.4, -0.2) is 93.4 Å². The molecule has 3 saturated heterocycles. The predicted molar refractivity (Wildman–Crippen MR) is 131 cm³/mol. The lowest BCUT2D eigenvalue weighted by Crippen LogP contribution is -2.75. The maximum Gasteiger partial charge on any atom is 0.393 e. The van der Waals surface area contributed by atoms with E-state index in [0.717, 1.165) is 45.1 Å². The van der Waals surface area contributed by atoms with E-state index in [1.807, 2.05) is 6.07 Å². The third-order valence-electron chi connectivity index (χ3n) is 7.71. The molecule has 3 aliphatic rings. The molecule has 0 aromatic carbocycles. The van der Waals surface area contributed by atoms with Gasteiger partial charge in [0.05, 0.1) is 61.8 Å². The van der Waals surface area contributed by atoms with Crippen molar-refractivity contribution < 1.29 is 22.6 Å². The minimum atomic E-state index is -4.44. The number of pyridine rings is 2. The highest BCUT2D eigenvalue weighted by Crippen LogP contribution is 2.43. The molecule has 7 heterocycles. The molecule has 13 heteroatoms. The molecule has 1 spiro atoms. The molecule has 0 aliphatic carbocycles. The third-order valence-corrected chi connectivity index (χ3v) is 7.71. The van der Waals surface area contributed by atoms with Gasteiger partial charge in [0.25, 0.3) is 0 Å². The lowest BCUT2D eigenvalue weighted by Gasteiger charge is -2.63. The third kappa shape index (κ3) is 3.88. The highest BCUT2D eigenvalue weighted by Gasteiger charge is 2.54. The summed E-state index contributed by atoms with van der Waals surface area (Å²) >= 11 is 0. The number of nitrogens with one attached hydrogen (secondary N) is 1. The lowest BCUT2D eigenvalue weighted by molar-refractivity contribution is -0.137. The van der Waals surface area contributed by atoms with Gasteiger partial charge in [-0.15, -0.1) is 0 Å². The van der Waals surface area contributed by atoms with Crippen molar-refractivity contribution in [2.24, 2.45) is 5.41 Å². The van der Waals surface area contributed by atoms with Gasteiger partial charge in [0, 0.05) is 48.9 Å². The van der Waals surface area contributed by atoms with Crippen molar-refractivity contribution in [1.29, 1.82) is 0 Å². The summed E-state index contributed by atoms with van der Waals surface area (Å²) in [4.78, 5) is 13.4. The van der Waals surface area contributed by atoms with Crippen LogP contribution >= 0.6 is 0 Å². The fourth-order valence-electron chi connectivity index (χ4n) is 5.74. The first kappa shape index (κ1) is 23.4. The Kier molecular flexibility index (Phi) is 5.17. The van der Waals surface area contributed by atoms with Crippen LogP contribution in [0, 0.1) is 5.41 Å². The van der Waals surface area contributed by atoms with Crippen LogP contribution in [0.5, 0.6) is 5.75 Å². The summed E-state index contributed by atoms with van der Waals surface area (Å²) in [7, 11) is 1.47. The fraction of sp³-hybridized carbons (Fsp3) is 0.440. The first-order valence-corrected chi connectivity index (χ1v) is 12.4. The molecule has 38 heavy (non-hydrogen) atoms. The monoisotopic (exact) mass is 526 g/mol. The standard InChI is InChI=1S/C25H25F3N8O2/c1-37-20-4-15(7-36-23(20)30-14-31-36)21-18(5-25(26,27)28)22(33-32-21)19-3-2-16(6-29-19)34-10-24(11-34)12-35(13-24)17-8-38-9-17/h2-4,6-7,14,17H,5,8-13H2,1H3,(H,32,33). The Labute approximate surface area is 215 Å². The van der Waals surface area contributed by atoms with Crippen LogP contribution in [0.2, 0.25) is 0 Å². The van der Waals surface area contributed by atoms with Gasteiger partial charge >= 0.3 is 6.18 Å². The number of ether oxygens (including phenoxy) is 2. The van der Waals surface area contributed by atoms with Gasteiger partial charge in [0.1, 0.15) is 6.33 Å². The first-order chi connectivity index (χ1) is 18.3. The zero-order valence-corrected chi connectivity index (χ0v) is 20.6. The number of rotatable bonds is 6. The first-order valence-electron chi connectivity index (χ1n) is 12.4. The van der Waals surface area contributed by atoms with Crippen molar-refractivity contribution in [2.45, 2.75) is 18.6 Å². The fourth-order valence-corrected chi connectivity index (χ4v) is 5.74. The summed E-state index contributed by atoms with van der Waals surface area (Å²) in [5.41, 5.74) is 2.98. The Balaban J connectivity index is 1.14. The van der Waals surface area contributed by atoms with E-state index in [9.17, 15) is 13.2 Å². The second-order valence-corrected chi connectivity index (χ2v) is 10.4. The molecule has 4 aromatic rings. The summed E-state index contributed by atoms with van der Waals surface area (Å²) in [6.45, 7) is 5.76. The van der Waals surface area contributed by atoms with E-state index < -0.39 is 12.6 Å². The van der Waals surface area contributed by atoms with E-state index >= 15 is 0 Å². The van der Waals surface area contributed by atoms with Gasteiger partial charge in [0.2, 0.25) is 0 Å². The summed E-state index contributed by atoms with van der Waals surface area (Å²) in [5.74, 6) is 0.382. The molecule has 0 saturated carbocycles. The van der Waals surface area contributed by atoms with E-state index in [4.69, 9.17) is 9.47 Å². The average Bonchev–Trinajstić information content (AvgIpc) is 3.44. The van der Waals surface area contributed by atoms with Gasteiger partial charge in [0.15, 0.2) is 11.4 Å². The van der Waals surface area contributed by atoms with Crippen LogP contribution in [0.4, 0.5) is 18.9 Å². The average molecular weight is 527 g/mol.